The van der Waals surface area contributed by atoms with Gasteiger partial charge in [0.1, 0.15) is 6.17 Å². The highest BCUT2D eigenvalue weighted by atomic mass is 19.1. The van der Waals surface area contributed by atoms with E-state index in [0.29, 0.717) is 18.5 Å². The largest absolute Gasteiger partial charge is 0.336 e. The molecule has 7 nitrogen and oxygen atoms in total. The molecule has 1 aliphatic heterocycles. The average molecular weight is 390 g/mol. The molecule has 29 heavy (non-hydrogen) atoms. The van der Waals surface area contributed by atoms with Crippen LogP contribution in [0, 0.1) is 0 Å². The van der Waals surface area contributed by atoms with Gasteiger partial charge in [0, 0.05) is 54.4 Å². The van der Waals surface area contributed by atoms with Gasteiger partial charge in [0.05, 0.1) is 18.9 Å². The molecule has 1 aliphatic rings. The Morgan fingerprint density at radius 2 is 1.83 bits per heavy atom. The summed E-state index contributed by atoms with van der Waals surface area (Å²) < 4.78 is 16.9. The number of likely N-dealkylation sites (tertiary alicyclic amines) is 1. The van der Waals surface area contributed by atoms with Crippen molar-refractivity contribution in [1.82, 2.24) is 29.3 Å². The molecule has 1 amide bonds. The SMILES string of the molecule is Cn1cc(-c2cnc3c(-c4ccc(C(=O)N5CC[C@H](F)C5)cc4)cnn3c2)cn1. The highest BCUT2D eigenvalue weighted by molar-refractivity contribution is 5.95. The fourth-order valence-electron chi connectivity index (χ4n) is 3.67. The van der Waals surface area contributed by atoms with Crippen molar-refractivity contribution in [3.63, 3.8) is 0 Å². The molecule has 1 atom stereocenters. The minimum atomic E-state index is -0.917. The second kappa shape index (κ2) is 6.80. The molecule has 4 aromatic rings. The van der Waals surface area contributed by atoms with Gasteiger partial charge in [-0.15, -0.1) is 0 Å². The molecule has 8 heteroatoms. The third kappa shape index (κ3) is 3.16. The number of benzene rings is 1. The van der Waals surface area contributed by atoms with Gasteiger partial charge in [-0.3, -0.25) is 9.48 Å². The minimum Gasteiger partial charge on any atom is -0.336 e. The van der Waals surface area contributed by atoms with Gasteiger partial charge < -0.3 is 4.90 Å². The number of aromatic nitrogens is 5. The van der Waals surface area contributed by atoms with Crippen LogP contribution in [0.25, 0.3) is 27.9 Å². The number of hydrogen-bond donors (Lipinski definition) is 0. The molecule has 0 radical (unpaired) electrons. The monoisotopic (exact) mass is 390 g/mol. The molecule has 4 heterocycles. The van der Waals surface area contributed by atoms with E-state index in [4.69, 9.17) is 0 Å². The fraction of sp³-hybridized carbons (Fsp3) is 0.238. The molecule has 0 aliphatic carbocycles. The maximum Gasteiger partial charge on any atom is 0.253 e. The van der Waals surface area contributed by atoms with Crippen molar-refractivity contribution >= 4 is 11.6 Å². The van der Waals surface area contributed by atoms with Crippen LogP contribution in [0.2, 0.25) is 0 Å². The summed E-state index contributed by atoms with van der Waals surface area (Å²) in [5, 5.41) is 8.62. The van der Waals surface area contributed by atoms with E-state index < -0.39 is 6.17 Å². The Balaban J connectivity index is 1.42. The van der Waals surface area contributed by atoms with Crippen LogP contribution in [0.15, 0.2) is 55.2 Å². The lowest BCUT2D eigenvalue weighted by atomic mass is 10.1. The Kier molecular flexibility index (Phi) is 4.12. The number of nitrogens with zero attached hydrogens (tertiary/aromatic N) is 6. The van der Waals surface area contributed by atoms with Crippen molar-refractivity contribution in [1.29, 1.82) is 0 Å². The van der Waals surface area contributed by atoms with Gasteiger partial charge in [0.15, 0.2) is 5.65 Å². The Labute approximate surface area is 166 Å². The molecular formula is C21H19FN6O. The highest BCUT2D eigenvalue weighted by Gasteiger charge is 2.26. The van der Waals surface area contributed by atoms with Gasteiger partial charge in [-0.1, -0.05) is 12.1 Å². The third-order valence-electron chi connectivity index (χ3n) is 5.26. The van der Waals surface area contributed by atoms with Crippen molar-refractivity contribution in [2.75, 3.05) is 13.1 Å². The summed E-state index contributed by atoms with van der Waals surface area (Å²) in [6.45, 7) is 0.650. The Morgan fingerprint density at radius 1 is 1.03 bits per heavy atom. The molecule has 1 aromatic carbocycles. The Morgan fingerprint density at radius 3 is 2.52 bits per heavy atom. The number of carbonyl (C=O) groups excluding carboxylic acids is 1. The zero-order valence-electron chi connectivity index (χ0n) is 15.9. The number of fused-ring (bicyclic) bond motifs is 1. The molecule has 1 saturated heterocycles. The summed E-state index contributed by atoms with van der Waals surface area (Å²) in [6, 6.07) is 7.31. The first-order chi connectivity index (χ1) is 14.1. The van der Waals surface area contributed by atoms with Crippen molar-refractivity contribution in [3.8, 4) is 22.3 Å². The van der Waals surface area contributed by atoms with E-state index in [9.17, 15) is 9.18 Å². The van der Waals surface area contributed by atoms with Gasteiger partial charge in [0.25, 0.3) is 5.91 Å². The van der Waals surface area contributed by atoms with E-state index in [1.54, 1.807) is 44.8 Å². The van der Waals surface area contributed by atoms with Crippen molar-refractivity contribution in [2.24, 2.45) is 7.05 Å². The van der Waals surface area contributed by atoms with E-state index in [2.05, 4.69) is 15.2 Å². The first-order valence-electron chi connectivity index (χ1n) is 9.45. The zero-order valence-corrected chi connectivity index (χ0v) is 15.9. The van der Waals surface area contributed by atoms with E-state index >= 15 is 0 Å². The van der Waals surface area contributed by atoms with E-state index in [0.717, 1.165) is 27.9 Å². The standard InChI is InChI=1S/C21H19FN6O/c1-26-11-17(9-24-26)16-8-23-20-19(10-25-28(20)12-16)14-2-4-15(5-3-14)21(29)27-7-6-18(22)13-27/h2-5,8-12,18H,6-7,13H2,1H3/t18-/m0/s1. The molecule has 0 spiro atoms. The van der Waals surface area contributed by atoms with Gasteiger partial charge >= 0.3 is 0 Å². The summed E-state index contributed by atoms with van der Waals surface area (Å²) in [5.74, 6) is -0.129. The predicted molar refractivity (Wildman–Crippen MR) is 106 cm³/mol. The molecule has 0 saturated carbocycles. The summed E-state index contributed by atoms with van der Waals surface area (Å²) >= 11 is 0. The number of halogens is 1. The van der Waals surface area contributed by atoms with Gasteiger partial charge in [0.2, 0.25) is 0 Å². The normalized spacial score (nSPS) is 16.6. The fourth-order valence-corrected chi connectivity index (χ4v) is 3.67. The quantitative estimate of drug-likeness (QED) is 0.539. The van der Waals surface area contributed by atoms with Gasteiger partial charge in [-0.25, -0.2) is 13.9 Å². The number of aryl methyl sites for hydroxylation is 1. The number of carbonyl (C=O) groups is 1. The lowest BCUT2D eigenvalue weighted by molar-refractivity contribution is 0.0783. The van der Waals surface area contributed by atoms with E-state index in [1.807, 2.05) is 31.6 Å². The second-order valence-corrected chi connectivity index (χ2v) is 7.29. The maximum atomic E-state index is 13.4. The van der Waals surface area contributed by atoms with Crippen molar-refractivity contribution in [3.05, 3.63) is 60.8 Å². The maximum absolute atomic E-state index is 13.4. The number of amides is 1. The Bertz CT molecular complexity index is 1200. The lowest BCUT2D eigenvalue weighted by Crippen LogP contribution is -2.28. The third-order valence-corrected chi connectivity index (χ3v) is 5.26. The summed E-state index contributed by atoms with van der Waals surface area (Å²) in [7, 11) is 1.87. The van der Waals surface area contributed by atoms with Crippen molar-refractivity contribution < 1.29 is 9.18 Å². The van der Waals surface area contributed by atoms with Gasteiger partial charge in [-0.2, -0.15) is 10.2 Å². The molecule has 1 fully saturated rings. The molecule has 146 valence electrons. The topological polar surface area (TPSA) is 68.3 Å². The average Bonchev–Trinajstić information content (AvgIpc) is 3.46. The van der Waals surface area contributed by atoms with Crippen LogP contribution in [0.5, 0.6) is 0 Å². The predicted octanol–water partition coefficient (Wildman–Crippen LogP) is 2.98. The van der Waals surface area contributed by atoms with Crippen LogP contribution in [0.4, 0.5) is 4.39 Å². The van der Waals surface area contributed by atoms with Crippen LogP contribution in [-0.4, -0.2) is 54.4 Å². The Hall–Kier alpha value is -3.55. The summed E-state index contributed by atoms with van der Waals surface area (Å²) in [6.07, 6.45) is 8.69. The first kappa shape index (κ1) is 17.5. The minimum absolute atomic E-state index is 0.129. The number of rotatable bonds is 3. The molecule has 0 unspecified atom stereocenters. The molecule has 3 aromatic heterocycles. The molecule has 5 rings (SSSR count). The smallest absolute Gasteiger partial charge is 0.253 e. The lowest BCUT2D eigenvalue weighted by Gasteiger charge is -2.15. The van der Waals surface area contributed by atoms with Gasteiger partial charge in [-0.05, 0) is 24.1 Å². The first-order valence-corrected chi connectivity index (χ1v) is 9.45. The van der Waals surface area contributed by atoms with Crippen LogP contribution < -0.4 is 0 Å². The molecular weight excluding hydrogens is 371 g/mol. The van der Waals surface area contributed by atoms with Crippen LogP contribution in [-0.2, 0) is 7.05 Å². The zero-order chi connectivity index (χ0) is 20.0. The highest BCUT2D eigenvalue weighted by Crippen LogP contribution is 2.26. The van der Waals surface area contributed by atoms with E-state index in [1.165, 1.54) is 0 Å². The second-order valence-electron chi connectivity index (χ2n) is 7.29. The molecule has 0 N–H and O–H groups in total. The van der Waals surface area contributed by atoms with Crippen molar-refractivity contribution in [2.45, 2.75) is 12.6 Å². The van der Waals surface area contributed by atoms with Crippen LogP contribution in [0.3, 0.4) is 0 Å². The van der Waals surface area contributed by atoms with E-state index in [-0.39, 0.29) is 12.5 Å². The number of hydrogen-bond acceptors (Lipinski definition) is 4. The summed E-state index contributed by atoms with van der Waals surface area (Å²) in [4.78, 5) is 18.6. The number of alkyl halides is 1. The molecule has 0 bridgehead atoms. The summed E-state index contributed by atoms with van der Waals surface area (Å²) in [5.41, 5.74) is 4.99. The van der Waals surface area contributed by atoms with Crippen LogP contribution >= 0.6 is 0 Å². The van der Waals surface area contributed by atoms with Crippen LogP contribution in [0.1, 0.15) is 16.8 Å².